The average molecular weight is 298 g/mol. The zero-order chi connectivity index (χ0) is 15.6. The molecular formula is C14H22N2O5. The van der Waals surface area contributed by atoms with Crippen LogP contribution in [0.25, 0.3) is 0 Å². The Kier molecular flexibility index (Phi) is 4.39. The zero-order valence-corrected chi connectivity index (χ0v) is 12.4. The smallest absolute Gasteiger partial charge is 0.329 e. The van der Waals surface area contributed by atoms with E-state index in [0.717, 1.165) is 12.8 Å². The number of carboxylic acid groups (broad SMARTS) is 1. The van der Waals surface area contributed by atoms with E-state index in [0.29, 0.717) is 19.4 Å². The van der Waals surface area contributed by atoms with Gasteiger partial charge in [0.05, 0.1) is 13.0 Å². The van der Waals surface area contributed by atoms with Crippen molar-refractivity contribution in [2.45, 2.75) is 38.1 Å². The first kappa shape index (κ1) is 15.6. The first-order chi connectivity index (χ1) is 9.88. The van der Waals surface area contributed by atoms with Crippen LogP contribution in [0.1, 0.15) is 32.6 Å². The van der Waals surface area contributed by atoms with Gasteiger partial charge in [0, 0.05) is 13.1 Å². The summed E-state index contributed by atoms with van der Waals surface area (Å²) >= 11 is 0. The third-order valence-corrected chi connectivity index (χ3v) is 4.45. The molecule has 21 heavy (non-hydrogen) atoms. The summed E-state index contributed by atoms with van der Waals surface area (Å²) in [5.41, 5.74) is -1.23. The number of carbonyl (C=O) groups is 3. The quantitative estimate of drug-likeness (QED) is 0.750. The second kappa shape index (κ2) is 5.91. The van der Waals surface area contributed by atoms with Crippen LogP contribution < -0.4 is 5.32 Å². The van der Waals surface area contributed by atoms with E-state index in [2.05, 4.69) is 5.32 Å². The summed E-state index contributed by atoms with van der Waals surface area (Å²) in [7, 11) is 1.33. The Balaban J connectivity index is 1.99. The second-order valence-corrected chi connectivity index (χ2v) is 6.02. The number of urea groups is 1. The first-order valence-electron chi connectivity index (χ1n) is 7.26. The maximum absolute atomic E-state index is 12.3. The Morgan fingerprint density at radius 3 is 2.48 bits per heavy atom. The molecular weight excluding hydrogens is 276 g/mol. The second-order valence-electron chi connectivity index (χ2n) is 6.02. The summed E-state index contributed by atoms with van der Waals surface area (Å²) < 4.78 is 4.71. The molecule has 1 heterocycles. The van der Waals surface area contributed by atoms with E-state index in [1.54, 1.807) is 6.92 Å². The van der Waals surface area contributed by atoms with Crippen LogP contribution in [0.3, 0.4) is 0 Å². The van der Waals surface area contributed by atoms with Crippen molar-refractivity contribution in [2.75, 3.05) is 20.2 Å². The predicted octanol–water partition coefficient (Wildman–Crippen LogP) is 0.834. The summed E-state index contributed by atoms with van der Waals surface area (Å²) in [6.45, 7) is 2.35. The number of methoxy groups -OCH3 is 1. The molecule has 2 amide bonds. The van der Waals surface area contributed by atoms with Crippen molar-refractivity contribution in [2.24, 2.45) is 11.8 Å². The fourth-order valence-corrected chi connectivity index (χ4v) is 2.81. The predicted molar refractivity (Wildman–Crippen MR) is 73.6 cm³/mol. The van der Waals surface area contributed by atoms with Crippen LogP contribution in [0.15, 0.2) is 0 Å². The molecule has 2 fully saturated rings. The van der Waals surface area contributed by atoms with Gasteiger partial charge in [-0.1, -0.05) is 0 Å². The van der Waals surface area contributed by atoms with Gasteiger partial charge in [-0.15, -0.1) is 0 Å². The summed E-state index contributed by atoms with van der Waals surface area (Å²) in [6, 6.07) is -0.416. The Labute approximate surface area is 123 Å². The molecule has 0 aromatic carbocycles. The fraction of sp³-hybridized carbons (Fsp3) is 0.786. The van der Waals surface area contributed by atoms with E-state index in [1.807, 2.05) is 0 Å². The van der Waals surface area contributed by atoms with Crippen LogP contribution in [-0.4, -0.2) is 53.7 Å². The van der Waals surface area contributed by atoms with Gasteiger partial charge < -0.3 is 20.1 Å². The molecule has 0 aromatic rings. The van der Waals surface area contributed by atoms with Crippen molar-refractivity contribution in [1.82, 2.24) is 10.2 Å². The summed E-state index contributed by atoms with van der Waals surface area (Å²) in [5.74, 6) is -1.68. The lowest BCUT2D eigenvalue weighted by Gasteiger charge is -2.35. The molecule has 1 aliphatic carbocycles. The first-order valence-corrected chi connectivity index (χ1v) is 7.26. The Hall–Kier alpha value is -1.79. The molecule has 2 atom stereocenters. The fourth-order valence-electron chi connectivity index (χ4n) is 2.81. The van der Waals surface area contributed by atoms with Gasteiger partial charge in [-0.05, 0) is 38.5 Å². The highest BCUT2D eigenvalue weighted by Crippen LogP contribution is 2.39. The summed E-state index contributed by atoms with van der Waals surface area (Å²) in [5, 5.41) is 12.0. The topological polar surface area (TPSA) is 95.9 Å². The number of hydrogen-bond donors (Lipinski definition) is 2. The van der Waals surface area contributed by atoms with E-state index in [9.17, 15) is 19.5 Å². The Morgan fingerprint density at radius 1 is 1.29 bits per heavy atom. The maximum atomic E-state index is 12.3. The molecule has 0 bridgehead atoms. The lowest BCUT2D eigenvalue weighted by Crippen LogP contribution is -2.59. The largest absolute Gasteiger partial charge is 0.480 e. The number of nitrogens with one attached hydrogen (secondary N) is 1. The molecule has 0 spiro atoms. The van der Waals surface area contributed by atoms with Crippen LogP contribution in [0.2, 0.25) is 0 Å². The summed E-state index contributed by atoms with van der Waals surface area (Å²) in [4.78, 5) is 36.8. The average Bonchev–Trinajstić information content (AvgIpc) is 3.31. The number of piperidine rings is 1. The third-order valence-electron chi connectivity index (χ3n) is 4.45. The highest BCUT2D eigenvalue weighted by Gasteiger charge is 2.49. The van der Waals surface area contributed by atoms with Crippen molar-refractivity contribution in [3.05, 3.63) is 0 Å². The van der Waals surface area contributed by atoms with Crippen molar-refractivity contribution < 1.29 is 24.2 Å². The van der Waals surface area contributed by atoms with Crippen LogP contribution in [-0.2, 0) is 14.3 Å². The van der Waals surface area contributed by atoms with Crippen LogP contribution in [0, 0.1) is 11.8 Å². The van der Waals surface area contributed by atoms with Gasteiger partial charge >= 0.3 is 18.0 Å². The molecule has 0 aromatic heterocycles. The Bertz CT molecular complexity index is 449. The number of nitrogens with zero attached hydrogens (tertiary/aromatic N) is 1. The van der Waals surface area contributed by atoms with E-state index in [1.165, 1.54) is 12.0 Å². The van der Waals surface area contributed by atoms with Gasteiger partial charge in [-0.25, -0.2) is 9.59 Å². The van der Waals surface area contributed by atoms with Gasteiger partial charge in [-0.3, -0.25) is 4.79 Å². The van der Waals surface area contributed by atoms with Crippen LogP contribution in [0.4, 0.5) is 4.79 Å². The minimum absolute atomic E-state index is 0.0138. The SMILES string of the molecule is COC(=O)C1CCCN(C(=O)NC(C)(C(=O)O)C2CC2)C1. The van der Waals surface area contributed by atoms with Gasteiger partial charge in [0.25, 0.3) is 0 Å². The van der Waals surface area contributed by atoms with Crippen LogP contribution >= 0.6 is 0 Å². The van der Waals surface area contributed by atoms with Crippen molar-refractivity contribution in [3.63, 3.8) is 0 Å². The summed E-state index contributed by atoms with van der Waals surface area (Å²) in [6.07, 6.45) is 3.03. The highest BCUT2D eigenvalue weighted by molar-refractivity contribution is 5.87. The molecule has 1 saturated carbocycles. The van der Waals surface area contributed by atoms with E-state index < -0.39 is 17.5 Å². The van der Waals surface area contributed by atoms with Gasteiger partial charge in [0.1, 0.15) is 5.54 Å². The monoisotopic (exact) mass is 298 g/mol. The van der Waals surface area contributed by atoms with Gasteiger partial charge in [-0.2, -0.15) is 0 Å². The normalized spacial score (nSPS) is 24.9. The van der Waals surface area contributed by atoms with E-state index in [4.69, 9.17) is 4.74 Å². The van der Waals surface area contributed by atoms with E-state index >= 15 is 0 Å². The number of esters is 1. The third kappa shape index (κ3) is 3.28. The minimum Gasteiger partial charge on any atom is -0.480 e. The molecule has 7 nitrogen and oxygen atoms in total. The minimum atomic E-state index is -1.23. The van der Waals surface area contributed by atoms with Crippen LogP contribution in [0.5, 0.6) is 0 Å². The van der Waals surface area contributed by atoms with Gasteiger partial charge in [0.15, 0.2) is 0 Å². The van der Waals surface area contributed by atoms with E-state index in [-0.39, 0.29) is 24.3 Å². The number of likely N-dealkylation sites (tertiary alicyclic amines) is 1. The number of ether oxygens (including phenoxy) is 1. The van der Waals surface area contributed by atoms with Crippen molar-refractivity contribution >= 4 is 18.0 Å². The van der Waals surface area contributed by atoms with Gasteiger partial charge in [0.2, 0.25) is 0 Å². The molecule has 1 saturated heterocycles. The molecule has 118 valence electrons. The molecule has 0 radical (unpaired) electrons. The molecule has 2 N–H and O–H groups in total. The zero-order valence-electron chi connectivity index (χ0n) is 12.4. The lowest BCUT2D eigenvalue weighted by molar-refractivity contribution is -0.147. The number of rotatable bonds is 4. The molecule has 1 aliphatic heterocycles. The lowest BCUT2D eigenvalue weighted by atomic mass is 9.95. The number of carboxylic acids is 1. The van der Waals surface area contributed by atoms with Crippen molar-refractivity contribution in [1.29, 1.82) is 0 Å². The maximum Gasteiger partial charge on any atom is 0.329 e. The van der Waals surface area contributed by atoms with Crippen molar-refractivity contribution in [3.8, 4) is 0 Å². The number of aliphatic carboxylic acids is 1. The standard InChI is InChI=1S/C14H22N2O5/c1-14(12(18)19,10-5-6-10)15-13(20)16-7-3-4-9(8-16)11(17)21-2/h9-10H,3-8H2,1-2H3,(H,15,20)(H,18,19). The number of carbonyl (C=O) groups excluding carboxylic acids is 2. The molecule has 2 rings (SSSR count). The molecule has 2 unspecified atom stereocenters. The number of hydrogen-bond acceptors (Lipinski definition) is 4. The number of amides is 2. The molecule has 2 aliphatic rings. The highest BCUT2D eigenvalue weighted by atomic mass is 16.5. The molecule has 7 heteroatoms. The Morgan fingerprint density at radius 2 is 1.95 bits per heavy atom.